The van der Waals surface area contributed by atoms with Gasteiger partial charge in [-0.1, -0.05) is 56.0 Å². The van der Waals surface area contributed by atoms with Gasteiger partial charge in [-0.15, -0.1) is 0 Å². The number of nitrogens with zero attached hydrogens (tertiary/aromatic N) is 2. The highest BCUT2D eigenvalue weighted by Crippen LogP contribution is 2.18. The molecule has 6 nitrogen and oxygen atoms in total. The molecule has 1 aromatic carbocycles. The summed E-state index contributed by atoms with van der Waals surface area (Å²) in [5.74, 6) is 0.225. The summed E-state index contributed by atoms with van der Waals surface area (Å²) >= 11 is 0. The van der Waals surface area contributed by atoms with E-state index in [1.54, 1.807) is 13.1 Å². The van der Waals surface area contributed by atoms with Crippen LogP contribution in [0.4, 0.5) is 5.82 Å². The van der Waals surface area contributed by atoms with E-state index in [0.29, 0.717) is 11.5 Å². The summed E-state index contributed by atoms with van der Waals surface area (Å²) in [6, 6.07) is 11.4. The van der Waals surface area contributed by atoms with E-state index < -0.39 is 0 Å². The fraction of sp³-hybridized carbons (Fsp3) is 0.450. The Morgan fingerprint density at radius 2 is 1.81 bits per heavy atom. The van der Waals surface area contributed by atoms with E-state index in [2.05, 4.69) is 15.7 Å². The lowest BCUT2D eigenvalue weighted by atomic mass is 10.1. The highest BCUT2D eigenvalue weighted by atomic mass is 16.2. The predicted molar refractivity (Wildman–Crippen MR) is 101 cm³/mol. The molecular weight excluding hydrogens is 328 g/mol. The van der Waals surface area contributed by atoms with E-state index in [0.717, 1.165) is 31.2 Å². The summed E-state index contributed by atoms with van der Waals surface area (Å²) in [4.78, 5) is 24.7. The normalized spacial score (nSPS) is 15.3. The van der Waals surface area contributed by atoms with Gasteiger partial charge in [0.05, 0.1) is 6.42 Å². The van der Waals surface area contributed by atoms with Crippen molar-refractivity contribution in [2.75, 3.05) is 5.32 Å². The zero-order valence-corrected chi connectivity index (χ0v) is 15.2. The quantitative estimate of drug-likeness (QED) is 0.810. The first-order valence-corrected chi connectivity index (χ1v) is 9.30. The average molecular weight is 354 g/mol. The topological polar surface area (TPSA) is 76.0 Å². The number of amides is 2. The molecule has 1 aromatic heterocycles. The molecular formula is C20H26N4O2. The molecule has 3 rings (SSSR count). The van der Waals surface area contributed by atoms with Gasteiger partial charge >= 0.3 is 0 Å². The van der Waals surface area contributed by atoms with Gasteiger partial charge in [0.25, 0.3) is 5.91 Å². The Morgan fingerprint density at radius 3 is 2.50 bits per heavy atom. The van der Waals surface area contributed by atoms with E-state index in [-0.39, 0.29) is 24.3 Å². The van der Waals surface area contributed by atoms with Gasteiger partial charge in [-0.2, -0.15) is 5.10 Å². The molecule has 0 unspecified atom stereocenters. The van der Waals surface area contributed by atoms with Gasteiger partial charge in [0.15, 0.2) is 5.69 Å². The van der Waals surface area contributed by atoms with Gasteiger partial charge in [-0.05, 0) is 18.4 Å². The Labute approximate surface area is 154 Å². The zero-order chi connectivity index (χ0) is 18.4. The van der Waals surface area contributed by atoms with Gasteiger partial charge in [0.2, 0.25) is 5.91 Å². The van der Waals surface area contributed by atoms with Crippen LogP contribution in [0.3, 0.4) is 0 Å². The van der Waals surface area contributed by atoms with Gasteiger partial charge in [0, 0.05) is 19.2 Å². The van der Waals surface area contributed by atoms with Crippen molar-refractivity contribution in [2.45, 2.75) is 51.0 Å². The molecule has 26 heavy (non-hydrogen) atoms. The van der Waals surface area contributed by atoms with Gasteiger partial charge in [-0.25, -0.2) is 0 Å². The second-order valence-electron chi connectivity index (χ2n) is 6.91. The van der Waals surface area contributed by atoms with E-state index in [9.17, 15) is 9.59 Å². The number of anilines is 1. The molecule has 0 spiro atoms. The summed E-state index contributed by atoms with van der Waals surface area (Å²) in [6.07, 6.45) is 7.15. The van der Waals surface area contributed by atoms with Crippen LogP contribution >= 0.6 is 0 Å². The Kier molecular flexibility index (Phi) is 6.04. The van der Waals surface area contributed by atoms with Crippen LogP contribution in [0.1, 0.15) is 54.6 Å². The van der Waals surface area contributed by atoms with Gasteiger partial charge in [-0.3, -0.25) is 14.3 Å². The number of hydrogen-bond donors (Lipinski definition) is 2. The van der Waals surface area contributed by atoms with Crippen LogP contribution in [0.25, 0.3) is 0 Å². The molecule has 0 bridgehead atoms. The molecule has 1 aliphatic carbocycles. The van der Waals surface area contributed by atoms with Crippen LogP contribution in [0.15, 0.2) is 36.4 Å². The minimum atomic E-state index is -0.170. The molecule has 2 amide bonds. The fourth-order valence-electron chi connectivity index (χ4n) is 3.35. The Balaban J connectivity index is 1.59. The largest absolute Gasteiger partial charge is 0.348 e. The number of carbonyl (C=O) groups is 2. The molecule has 2 N–H and O–H groups in total. The minimum absolute atomic E-state index is 0.130. The van der Waals surface area contributed by atoms with Crippen LogP contribution in [-0.4, -0.2) is 27.6 Å². The van der Waals surface area contributed by atoms with Crippen molar-refractivity contribution in [3.05, 3.63) is 47.7 Å². The first kappa shape index (κ1) is 18.2. The molecule has 0 aliphatic heterocycles. The maximum Gasteiger partial charge on any atom is 0.272 e. The number of aryl methyl sites for hydroxylation is 1. The van der Waals surface area contributed by atoms with E-state index in [1.165, 1.54) is 17.5 Å². The molecule has 0 saturated heterocycles. The molecule has 2 aromatic rings. The van der Waals surface area contributed by atoms with E-state index in [4.69, 9.17) is 0 Å². The molecule has 1 saturated carbocycles. The van der Waals surface area contributed by atoms with E-state index in [1.807, 2.05) is 30.3 Å². The molecule has 1 fully saturated rings. The highest BCUT2D eigenvalue weighted by molar-refractivity contribution is 5.96. The van der Waals surface area contributed by atoms with Crippen molar-refractivity contribution in [3.8, 4) is 0 Å². The summed E-state index contributed by atoms with van der Waals surface area (Å²) < 4.78 is 1.53. The van der Waals surface area contributed by atoms with Gasteiger partial charge < -0.3 is 10.6 Å². The van der Waals surface area contributed by atoms with Crippen LogP contribution in [-0.2, 0) is 18.3 Å². The number of carbonyl (C=O) groups excluding carboxylic acids is 2. The second kappa shape index (κ2) is 8.65. The number of aromatic nitrogens is 2. The van der Waals surface area contributed by atoms with E-state index >= 15 is 0 Å². The van der Waals surface area contributed by atoms with Crippen molar-refractivity contribution in [3.63, 3.8) is 0 Å². The lowest BCUT2D eigenvalue weighted by molar-refractivity contribution is -0.115. The standard InChI is InChI=1S/C20H26N4O2/c1-24-18(22-19(25)13-15-9-5-4-6-10-15)14-17(23-24)20(26)21-16-11-7-2-3-8-12-16/h4-6,9-10,14,16H,2-3,7-8,11-13H2,1H3,(H,21,26)(H,22,25). The number of rotatable bonds is 5. The monoisotopic (exact) mass is 354 g/mol. The van der Waals surface area contributed by atoms with Crippen LogP contribution < -0.4 is 10.6 Å². The van der Waals surface area contributed by atoms with Crippen molar-refractivity contribution >= 4 is 17.6 Å². The maximum atomic E-state index is 12.5. The molecule has 0 atom stereocenters. The van der Waals surface area contributed by atoms with Crippen molar-refractivity contribution < 1.29 is 9.59 Å². The smallest absolute Gasteiger partial charge is 0.272 e. The highest BCUT2D eigenvalue weighted by Gasteiger charge is 2.19. The number of nitrogens with one attached hydrogen (secondary N) is 2. The lowest BCUT2D eigenvalue weighted by Crippen LogP contribution is -2.34. The van der Waals surface area contributed by atoms with Crippen LogP contribution in [0.5, 0.6) is 0 Å². The van der Waals surface area contributed by atoms with Crippen LogP contribution in [0.2, 0.25) is 0 Å². The zero-order valence-electron chi connectivity index (χ0n) is 15.2. The summed E-state index contributed by atoms with van der Waals surface area (Å²) in [5, 5.41) is 10.2. The molecule has 6 heteroatoms. The van der Waals surface area contributed by atoms with Crippen molar-refractivity contribution in [2.24, 2.45) is 7.05 Å². The summed E-state index contributed by atoms with van der Waals surface area (Å²) in [6.45, 7) is 0. The Hall–Kier alpha value is -2.63. The molecule has 0 radical (unpaired) electrons. The molecule has 138 valence electrons. The lowest BCUT2D eigenvalue weighted by Gasteiger charge is -2.14. The number of hydrogen-bond acceptors (Lipinski definition) is 3. The molecule has 1 aliphatic rings. The Bertz CT molecular complexity index is 746. The van der Waals surface area contributed by atoms with Crippen molar-refractivity contribution in [1.29, 1.82) is 0 Å². The average Bonchev–Trinajstić information content (AvgIpc) is 2.82. The van der Waals surface area contributed by atoms with Gasteiger partial charge in [0.1, 0.15) is 5.82 Å². The molecule has 1 heterocycles. The minimum Gasteiger partial charge on any atom is -0.348 e. The summed E-state index contributed by atoms with van der Waals surface area (Å²) in [5.41, 5.74) is 1.28. The third-order valence-corrected chi connectivity index (χ3v) is 4.78. The van der Waals surface area contributed by atoms with Crippen LogP contribution in [0, 0.1) is 0 Å². The fourth-order valence-corrected chi connectivity index (χ4v) is 3.35. The van der Waals surface area contributed by atoms with Crippen molar-refractivity contribution in [1.82, 2.24) is 15.1 Å². The third kappa shape index (κ3) is 4.94. The second-order valence-corrected chi connectivity index (χ2v) is 6.91. The summed E-state index contributed by atoms with van der Waals surface area (Å²) in [7, 11) is 1.72. The number of benzene rings is 1. The maximum absolute atomic E-state index is 12.5. The third-order valence-electron chi connectivity index (χ3n) is 4.78. The SMILES string of the molecule is Cn1nc(C(=O)NC2CCCCCC2)cc1NC(=O)Cc1ccccc1. The Morgan fingerprint density at radius 1 is 1.12 bits per heavy atom. The first-order valence-electron chi connectivity index (χ1n) is 9.30. The first-order chi connectivity index (χ1) is 12.6. The predicted octanol–water partition coefficient (Wildman–Crippen LogP) is 3.05.